The SMILES string of the molecule is COc1ncnc2ccc(-c3ccn4nc(C5(N)CCC(N(C)C)CC5)ncc34)cc12. The largest absolute Gasteiger partial charge is 0.480 e. The molecule has 3 aromatic heterocycles. The van der Waals surface area contributed by atoms with Gasteiger partial charge in [0.25, 0.3) is 0 Å². The van der Waals surface area contributed by atoms with Crippen LogP contribution in [-0.2, 0) is 5.54 Å². The van der Waals surface area contributed by atoms with Crippen LogP contribution in [-0.4, -0.2) is 56.7 Å². The van der Waals surface area contributed by atoms with Crippen molar-refractivity contribution in [1.29, 1.82) is 0 Å². The molecule has 1 fully saturated rings. The minimum atomic E-state index is -0.473. The van der Waals surface area contributed by atoms with Crippen molar-refractivity contribution in [2.24, 2.45) is 5.73 Å². The quantitative estimate of drug-likeness (QED) is 0.545. The van der Waals surface area contributed by atoms with Gasteiger partial charge < -0.3 is 15.4 Å². The van der Waals surface area contributed by atoms with Gasteiger partial charge in [-0.1, -0.05) is 6.07 Å². The average molecular weight is 418 g/mol. The summed E-state index contributed by atoms with van der Waals surface area (Å²) in [6.07, 6.45) is 9.25. The summed E-state index contributed by atoms with van der Waals surface area (Å²) in [5.74, 6) is 1.28. The Morgan fingerprint density at radius 1 is 1.13 bits per heavy atom. The van der Waals surface area contributed by atoms with E-state index in [-0.39, 0.29) is 0 Å². The zero-order chi connectivity index (χ0) is 21.6. The maximum Gasteiger partial charge on any atom is 0.224 e. The highest BCUT2D eigenvalue weighted by atomic mass is 16.5. The van der Waals surface area contributed by atoms with Crippen molar-refractivity contribution >= 4 is 16.4 Å². The molecule has 3 heterocycles. The first kappa shape index (κ1) is 19.8. The molecule has 8 heteroatoms. The first-order chi connectivity index (χ1) is 15.0. The molecule has 0 radical (unpaired) electrons. The van der Waals surface area contributed by atoms with E-state index in [0.717, 1.165) is 53.2 Å². The van der Waals surface area contributed by atoms with Crippen molar-refractivity contribution in [1.82, 2.24) is 29.5 Å². The fourth-order valence-corrected chi connectivity index (χ4v) is 4.59. The lowest BCUT2D eigenvalue weighted by Crippen LogP contribution is -2.46. The molecule has 1 saturated carbocycles. The van der Waals surface area contributed by atoms with E-state index in [1.165, 1.54) is 6.33 Å². The lowest BCUT2D eigenvalue weighted by atomic mass is 9.79. The first-order valence-corrected chi connectivity index (χ1v) is 10.6. The van der Waals surface area contributed by atoms with E-state index in [9.17, 15) is 0 Å². The van der Waals surface area contributed by atoms with Gasteiger partial charge >= 0.3 is 0 Å². The van der Waals surface area contributed by atoms with Gasteiger partial charge in [-0.3, -0.25) is 0 Å². The summed E-state index contributed by atoms with van der Waals surface area (Å²) in [5, 5.41) is 5.67. The summed E-state index contributed by atoms with van der Waals surface area (Å²) < 4.78 is 7.29. The van der Waals surface area contributed by atoms with Crippen LogP contribution in [0.1, 0.15) is 31.5 Å². The smallest absolute Gasteiger partial charge is 0.224 e. The molecule has 31 heavy (non-hydrogen) atoms. The molecule has 160 valence electrons. The fraction of sp³-hybridized carbons (Fsp3) is 0.391. The van der Waals surface area contributed by atoms with E-state index >= 15 is 0 Å². The highest BCUT2D eigenvalue weighted by molar-refractivity contribution is 5.91. The molecule has 0 amide bonds. The number of nitrogens with zero attached hydrogens (tertiary/aromatic N) is 6. The molecule has 8 nitrogen and oxygen atoms in total. The second kappa shape index (κ2) is 7.55. The maximum atomic E-state index is 6.76. The van der Waals surface area contributed by atoms with Gasteiger partial charge in [-0.15, -0.1) is 0 Å². The molecule has 1 aliphatic rings. The van der Waals surface area contributed by atoms with Crippen LogP contribution in [0, 0.1) is 0 Å². The lowest BCUT2D eigenvalue weighted by Gasteiger charge is -2.38. The lowest BCUT2D eigenvalue weighted by molar-refractivity contribution is 0.167. The van der Waals surface area contributed by atoms with Crippen molar-refractivity contribution in [3.8, 4) is 17.0 Å². The number of ether oxygens (including phenoxy) is 1. The molecule has 0 saturated heterocycles. The fourth-order valence-electron chi connectivity index (χ4n) is 4.59. The van der Waals surface area contributed by atoms with Crippen molar-refractivity contribution < 1.29 is 4.74 Å². The highest BCUT2D eigenvalue weighted by Crippen LogP contribution is 2.35. The van der Waals surface area contributed by atoms with Crippen molar-refractivity contribution in [2.45, 2.75) is 37.3 Å². The Balaban J connectivity index is 1.50. The Kier molecular flexibility index (Phi) is 4.83. The number of nitrogens with two attached hydrogens (primary N) is 1. The second-order valence-corrected chi connectivity index (χ2v) is 8.61. The van der Waals surface area contributed by atoms with Gasteiger partial charge in [0.2, 0.25) is 5.88 Å². The summed E-state index contributed by atoms with van der Waals surface area (Å²) >= 11 is 0. The molecule has 2 N–H and O–H groups in total. The Hall–Kier alpha value is -3.10. The summed E-state index contributed by atoms with van der Waals surface area (Å²) in [6.45, 7) is 0. The summed E-state index contributed by atoms with van der Waals surface area (Å²) in [6, 6.07) is 8.70. The highest BCUT2D eigenvalue weighted by Gasteiger charge is 2.36. The van der Waals surface area contributed by atoms with Crippen molar-refractivity contribution in [3.05, 3.63) is 48.8 Å². The Morgan fingerprint density at radius 2 is 1.94 bits per heavy atom. The minimum absolute atomic E-state index is 0.473. The molecular formula is C23H27N7O. The molecule has 5 rings (SSSR count). The topological polar surface area (TPSA) is 94.5 Å². The van der Waals surface area contributed by atoms with Crippen LogP contribution in [0.25, 0.3) is 27.5 Å². The van der Waals surface area contributed by atoms with Gasteiger partial charge in [0.05, 0.1) is 35.3 Å². The molecule has 4 aromatic rings. The van der Waals surface area contributed by atoms with Crippen LogP contribution in [0.4, 0.5) is 0 Å². The molecule has 0 bridgehead atoms. The Bertz CT molecular complexity index is 1240. The number of hydrogen-bond acceptors (Lipinski definition) is 7. The maximum absolute atomic E-state index is 6.76. The van der Waals surface area contributed by atoms with E-state index < -0.39 is 5.54 Å². The number of hydrogen-bond donors (Lipinski definition) is 1. The number of rotatable bonds is 4. The predicted molar refractivity (Wildman–Crippen MR) is 120 cm³/mol. The Labute approximate surface area is 181 Å². The molecule has 0 spiro atoms. The second-order valence-electron chi connectivity index (χ2n) is 8.61. The molecular weight excluding hydrogens is 390 g/mol. The monoisotopic (exact) mass is 417 g/mol. The number of fused-ring (bicyclic) bond motifs is 2. The third kappa shape index (κ3) is 3.41. The van der Waals surface area contributed by atoms with Gasteiger partial charge in [0.15, 0.2) is 5.82 Å². The van der Waals surface area contributed by atoms with Gasteiger partial charge in [-0.05, 0) is 63.5 Å². The van der Waals surface area contributed by atoms with E-state index in [0.29, 0.717) is 17.7 Å². The third-order valence-corrected chi connectivity index (χ3v) is 6.54. The summed E-state index contributed by atoms with van der Waals surface area (Å²) in [7, 11) is 5.88. The van der Waals surface area contributed by atoms with Gasteiger partial charge in [-0.2, -0.15) is 5.10 Å². The standard InChI is InChI=1S/C23H27N7O/c1-29(2)16-6-9-23(24,10-7-16)22-25-13-20-17(8-11-30(20)28-22)15-4-5-19-18(12-15)21(31-3)27-14-26-19/h4-5,8,11-14,16H,6-7,9-10,24H2,1-3H3. The molecule has 0 atom stereocenters. The van der Waals surface area contributed by atoms with Gasteiger partial charge in [0.1, 0.15) is 6.33 Å². The van der Waals surface area contributed by atoms with Crippen LogP contribution in [0.2, 0.25) is 0 Å². The number of aromatic nitrogens is 5. The summed E-state index contributed by atoms with van der Waals surface area (Å²) in [4.78, 5) is 15.5. The van der Waals surface area contributed by atoms with Crippen molar-refractivity contribution in [3.63, 3.8) is 0 Å². The minimum Gasteiger partial charge on any atom is -0.480 e. The van der Waals surface area contributed by atoms with Crippen molar-refractivity contribution in [2.75, 3.05) is 21.2 Å². The zero-order valence-corrected chi connectivity index (χ0v) is 18.1. The van der Waals surface area contributed by atoms with E-state index in [2.05, 4.69) is 35.0 Å². The van der Waals surface area contributed by atoms with Crippen LogP contribution >= 0.6 is 0 Å². The normalized spacial score (nSPS) is 21.8. The average Bonchev–Trinajstić information content (AvgIpc) is 3.22. The zero-order valence-electron chi connectivity index (χ0n) is 18.1. The van der Waals surface area contributed by atoms with E-state index in [4.69, 9.17) is 20.6 Å². The van der Waals surface area contributed by atoms with E-state index in [1.54, 1.807) is 7.11 Å². The number of benzene rings is 1. The molecule has 1 aromatic carbocycles. The third-order valence-electron chi connectivity index (χ3n) is 6.54. The first-order valence-electron chi connectivity index (χ1n) is 10.6. The predicted octanol–water partition coefficient (Wildman–Crippen LogP) is 3.01. The molecule has 0 aliphatic heterocycles. The number of methoxy groups -OCH3 is 1. The van der Waals surface area contributed by atoms with Crippen LogP contribution in [0.3, 0.4) is 0 Å². The summed E-state index contributed by atoms with van der Waals surface area (Å²) in [5.41, 5.74) is 10.1. The van der Waals surface area contributed by atoms with Gasteiger partial charge in [-0.25, -0.2) is 19.5 Å². The van der Waals surface area contributed by atoms with Crippen LogP contribution in [0.5, 0.6) is 5.88 Å². The van der Waals surface area contributed by atoms with Crippen LogP contribution in [0.15, 0.2) is 43.0 Å². The van der Waals surface area contributed by atoms with E-state index in [1.807, 2.05) is 35.1 Å². The molecule has 0 unspecified atom stereocenters. The molecule has 1 aliphatic carbocycles. The van der Waals surface area contributed by atoms with Gasteiger partial charge in [0, 0.05) is 17.8 Å². The van der Waals surface area contributed by atoms with Crippen LogP contribution < -0.4 is 10.5 Å². The Morgan fingerprint density at radius 3 is 2.68 bits per heavy atom.